The van der Waals surface area contributed by atoms with Gasteiger partial charge in [-0.15, -0.1) is 0 Å². The number of methoxy groups -OCH3 is 1. The van der Waals surface area contributed by atoms with E-state index < -0.39 is 0 Å². The van der Waals surface area contributed by atoms with E-state index in [2.05, 4.69) is 5.32 Å². The van der Waals surface area contributed by atoms with E-state index in [-0.39, 0.29) is 24.5 Å². The first kappa shape index (κ1) is 16.0. The van der Waals surface area contributed by atoms with Crippen molar-refractivity contribution in [3.05, 3.63) is 29.8 Å². The molecule has 0 spiro atoms. The highest BCUT2D eigenvalue weighted by Crippen LogP contribution is 2.18. The highest BCUT2D eigenvalue weighted by Gasteiger charge is 2.30. The van der Waals surface area contributed by atoms with E-state index in [1.165, 1.54) is 7.11 Å². The van der Waals surface area contributed by atoms with E-state index in [0.29, 0.717) is 24.2 Å². The summed E-state index contributed by atoms with van der Waals surface area (Å²) in [6.45, 7) is 0.835. The summed E-state index contributed by atoms with van der Waals surface area (Å²) in [6.07, 6.45) is 2.64. The summed E-state index contributed by atoms with van der Waals surface area (Å²) in [6, 6.07) is 8.41. The highest BCUT2D eigenvalue weighted by atomic mass is 16.5. The van der Waals surface area contributed by atoms with Crippen molar-refractivity contribution < 1.29 is 14.3 Å². The number of esters is 1. The van der Waals surface area contributed by atoms with Gasteiger partial charge in [-0.3, -0.25) is 14.5 Å². The van der Waals surface area contributed by atoms with E-state index in [1.54, 1.807) is 24.3 Å². The molecule has 6 heteroatoms. The maximum atomic E-state index is 12.1. The lowest BCUT2D eigenvalue weighted by Gasteiger charge is -2.32. The number of nitriles is 1. The van der Waals surface area contributed by atoms with Gasteiger partial charge in [-0.2, -0.15) is 5.26 Å². The van der Waals surface area contributed by atoms with Crippen molar-refractivity contribution in [3.8, 4) is 6.07 Å². The number of carbonyl (C=O) groups is 2. The molecule has 0 aliphatic carbocycles. The monoisotopic (exact) mass is 301 g/mol. The molecule has 0 radical (unpaired) electrons. The Morgan fingerprint density at radius 3 is 3.00 bits per heavy atom. The summed E-state index contributed by atoms with van der Waals surface area (Å²) in [7, 11) is 1.36. The van der Waals surface area contributed by atoms with Gasteiger partial charge in [-0.05, 0) is 37.6 Å². The smallest absolute Gasteiger partial charge is 0.323 e. The van der Waals surface area contributed by atoms with Crippen molar-refractivity contribution in [3.63, 3.8) is 0 Å². The van der Waals surface area contributed by atoms with Gasteiger partial charge in [0.05, 0.1) is 25.3 Å². The third kappa shape index (κ3) is 4.06. The van der Waals surface area contributed by atoms with Crippen molar-refractivity contribution in [2.24, 2.45) is 0 Å². The van der Waals surface area contributed by atoms with Crippen LogP contribution in [0.3, 0.4) is 0 Å². The average molecular weight is 301 g/mol. The van der Waals surface area contributed by atoms with Crippen LogP contribution in [0.4, 0.5) is 5.69 Å². The molecular weight excluding hydrogens is 282 g/mol. The number of hydrogen-bond donors (Lipinski definition) is 1. The van der Waals surface area contributed by atoms with Gasteiger partial charge >= 0.3 is 5.97 Å². The highest BCUT2D eigenvalue weighted by molar-refractivity contribution is 5.92. The van der Waals surface area contributed by atoms with Crippen LogP contribution in [0.2, 0.25) is 0 Å². The van der Waals surface area contributed by atoms with Crippen LogP contribution < -0.4 is 5.32 Å². The molecule has 1 aromatic carbocycles. The lowest BCUT2D eigenvalue weighted by atomic mass is 10.0. The molecule has 1 fully saturated rings. The number of nitrogens with zero attached hydrogens (tertiary/aromatic N) is 2. The molecule has 0 unspecified atom stereocenters. The Bertz CT molecular complexity index is 595. The molecule has 1 atom stereocenters. The third-order valence-corrected chi connectivity index (χ3v) is 3.71. The number of rotatable bonds is 4. The van der Waals surface area contributed by atoms with Crippen LogP contribution in [0.5, 0.6) is 0 Å². The topological polar surface area (TPSA) is 82.4 Å². The Morgan fingerprint density at radius 1 is 1.45 bits per heavy atom. The van der Waals surface area contributed by atoms with E-state index in [1.807, 2.05) is 11.0 Å². The maximum absolute atomic E-state index is 12.1. The normalized spacial score (nSPS) is 18.3. The average Bonchev–Trinajstić information content (AvgIpc) is 2.54. The van der Waals surface area contributed by atoms with Crippen molar-refractivity contribution in [1.29, 1.82) is 5.26 Å². The zero-order chi connectivity index (χ0) is 15.9. The number of carbonyl (C=O) groups excluding carboxylic acids is 2. The maximum Gasteiger partial charge on any atom is 0.323 e. The molecule has 116 valence electrons. The molecule has 1 aliphatic rings. The predicted octanol–water partition coefficient (Wildman–Crippen LogP) is 1.52. The Labute approximate surface area is 129 Å². The first-order valence-corrected chi connectivity index (χ1v) is 7.26. The van der Waals surface area contributed by atoms with Gasteiger partial charge in [-0.1, -0.05) is 12.5 Å². The molecule has 1 aromatic rings. The van der Waals surface area contributed by atoms with E-state index in [9.17, 15) is 9.59 Å². The fourth-order valence-corrected chi connectivity index (χ4v) is 2.63. The number of benzene rings is 1. The Morgan fingerprint density at radius 2 is 2.27 bits per heavy atom. The third-order valence-electron chi connectivity index (χ3n) is 3.71. The number of anilines is 1. The largest absolute Gasteiger partial charge is 0.468 e. The number of hydrogen-bond acceptors (Lipinski definition) is 5. The summed E-state index contributed by atoms with van der Waals surface area (Å²) in [5.41, 5.74) is 1.07. The standard InChI is InChI=1S/C16H19N3O3/c1-22-16(21)14-7-2-3-8-19(14)11-15(20)18-13-6-4-5-12(9-13)10-17/h4-6,9,14H,2-3,7-8,11H2,1H3,(H,18,20)/t14-/m1/s1. The van der Waals surface area contributed by atoms with Gasteiger partial charge in [0.25, 0.3) is 0 Å². The number of ether oxygens (including phenoxy) is 1. The van der Waals surface area contributed by atoms with Crippen LogP contribution in [0.25, 0.3) is 0 Å². The number of amides is 1. The van der Waals surface area contributed by atoms with Gasteiger partial charge < -0.3 is 10.1 Å². The fourth-order valence-electron chi connectivity index (χ4n) is 2.63. The van der Waals surface area contributed by atoms with Gasteiger partial charge in [-0.25, -0.2) is 0 Å². The summed E-state index contributed by atoms with van der Waals surface area (Å²) < 4.78 is 4.80. The molecule has 22 heavy (non-hydrogen) atoms. The molecule has 1 heterocycles. The Kier molecular flexibility index (Phi) is 5.50. The second kappa shape index (κ2) is 7.57. The van der Waals surface area contributed by atoms with E-state index in [0.717, 1.165) is 12.8 Å². The molecule has 0 aromatic heterocycles. The van der Waals surface area contributed by atoms with E-state index in [4.69, 9.17) is 10.00 Å². The molecule has 1 N–H and O–H groups in total. The molecule has 2 rings (SSSR count). The fraction of sp³-hybridized carbons (Fsp3) is 0.438. The second-order valence-corrected chi connectivity index (χ2v) is 5.25. The van der Waals surface area contributed by atoms with E-state index >= 15 is 0 Å². The summed E-state index contributed by atoms with van der Waals surface area (Å²) in [5.74, 6) is -0.495. The predicted molar refractivity (Wildman–Crippen MR) is 81.0 cm³/mol. The first-order valence-electron chi connectivity index (χ1n) is 7.26. The number of likely N-dealkylation sites (tertiary alicyclic amines) is 1. The lowest BCUT2D eigenvalue weighted by molar-refractivity contribution is -0.148. The molecule has 1 saturated heterocycles. The summed E-state index contributed by atoms with van der Waals surface area (Å²) in [4.78, 5) is 25.8. The number of piperidine rings is 1. The minimum atomic E-state index is -0.352. The van der Waals surface area contributed by atoms with Crippen LogP contribution in [0.15, 0.2) is 24.3 Å². The second-order valence-electron chi connectivity index (χ2n) is 5.25. The SMILES string of the molecule is COC(=O)[C@H]1CCCCN1CC(=O)Nc1cccc(C#N)c1. The van der Waals surface area contributed by atoms with Crippen molar-refractivity contribution >= 4 is 17.6 Å². The quantitative estimate of drug-likeness (QED) is 0.853. The summed E-state index contributed by atoms with van der Waals surface area (Å²) >= 11 is 0. The molecular formula is C16H19N3O3. The van der Waals surface area contributed by atoms with Gasteiger partial charge in [0, 0.05) is 5.69 Å². The lowest BCUT2D eigenvalue weighted by Crippen LogP contribution is -2.48. The van der Waals surface area contributed by atoms with Gasteiger partial charge in [0.2, 0.25) is 5.91 Å². The van der Waals surface area contributed by atoms with Gasteiger partial charge in [0.1, 0.15) is 6.04 Å². The molecule has 6 nitrogen and oxygen atoms in total. The van der Waals surface area contributed by atoms with Crippen LogP contribution in [-0.4, -0.2) is 43.0 Å². The minimum Gasteiger partial charge on any atom is -0.468 e. The molecule has 1 aliphatic heterocycles. The molecule has 1 amide bonds. The van der Waals surface area contributed by atoms with Crippen molar-refractivity contribution in [1.82, 2.24) is 4.90 Å². The number of nitrogens with one attached hydrogen (secondary N) is 1. The molecule has 0 bridgehead atoms. The zero-order valence-electron chi connectivity index (χ0n) is 12.5. The van der Waals surface area contributed by atoms with Crippen molar-refractivity contribution in [2.45, 2.75) is 25.3 Å². The van der Waals surface area contributed by atoms with Crippen LogP contribution in [0, 0.1) is 11.3 Å². The van der Waals surface area contributed by atoms with Crippen LogP contribution in [-0.2, 0) is 14.3 Å². The summed E-state index contributed by atoms with van der Waals surface area (Å²) in [5, 5.41) is 11.6. The van der Waals surface area contributed by atoms with Crippen LogP contribution >= 0.6 is 0 Å². The Hall–Kier alpha value is -2.39. The van der Waals surface area contributed by atoms with Gasteiger partial charge in [0.15, 0.2) is 0 Å². The van der Waals surface area contributed by atoms with Crippen molar-refractivity contribution in [2.75, 3.05) is 25.5 Å². The Balaban J connectivity index is 1.97. The zero-order valence-corrected chi connectivity index (χ0v) is 12.5. The molecule has 0 saturated carbocycles. The minimum absolute atomic E-state index is 0.135. The first-order chi connectivity index (χ1) is 10.6. The van der Waals surface area contributed by atoms with Crippen LogP contribution in [0.1, 0.15) is 24.8 Å².